The van der Waals surface area contributed by atoms with Crippen molar-refractivity contribution in [3.63, 3.8) is 0 Å². The highest BCUT2D eigenvalue weighted by Gasteiger charge is 2.49. The molecule has 0 amide bonds. The van der Waals surface area contributed by atoms with Gasteiger partial charge in [-0.3, -0.25) is 19.6 Å². The number of amidine groups is 1. The first-order chi connectivity index (χ1) is 17.0. The Hall–Kier alpha value is -3.12. The topological polar surface area (TPSA) is 101 Å². The van der Waals surface area contributed by atoms with E-state index in [0.717, 1.165) is 68.9 Å². The third kappa shape index (κ3) is 4.47. The molecule has 2 N–H and O–H groups in total. The van der Waals surface area contributed by atoms with Gasteiger partial charge in [0.25, 0.3) is 0 Å². The van der Waals surface area contributed by atoms with Crippen molar-refractivity contribution in [2.45, 2.75) is 64.1 Å². The number of hydrogen-bond acceptors (Lipinski definition) is 6. The van der Waals surface area contributed by atoms with Crippen molar-refractivity contribution in [2.24, 2.45) is 15.9 Å². The molecule has 186 valence electrons. The van der Waals surface area contributed by atoms with Crippen LogP contribution in [0.15, 0.2) is 34.6 Å². The first-order valence-corrected chi connectivity index (χ1v) is 13.0. The molecular weight excluding hydrogens is 438 g/mol. The molecule has 1 aliphatic carbocycles. The van der Waals surface area contributed by atoms with Crippen LogP contribution < -0.4 is 5.32 Å². The van der Waals surface area contributed by atoms with E-state index in [4.69, 9.17) is 10.1 Å². The zero-order valence-electron chi connectivity index (χ0n) is 21.1. The molecule has 2 aromatic heterocycles. The van der Waals surface area contributed by atoms with Gasteiger partial charge in [-0.15, -0.1) is 0 Å². The summed E-state index contributed by atoms with van der Waals surface area (Å²) in [5, 5.41) is 17.5. The van der Waals surface area contributed by atoms with Crippen LogP contribution in [0.5, 0.6) is 0 Å². The Morgan fingerprint density at radius 1 is 1.29 bits per heavy atom. The highest BCUT2D eigenvalue weighted by Crippen LogP contribution is 2.45. The highest BCUT2D eigenvalue weighted by atomic mass is 15.4. The highest BCUT2D eigenvalue weighted by molar-refractivity contribution is 5.84. The van der Waals surface area contributed by atoms with Gasteiger partial charge in [0.1, 0.15) is 17.7 Å². The number of piperazine rings is 1. The quantitative estimate of drug-likeness (QED) is 0.471. The predicted octanol–water partition coefficient (Wildman–Crippen LogP) is 3.61. The molecule has 2 aromatic rings. The molecule has 0 aromatic carbocycles. The normalized spacial score (nSPS) is 26.8. The van der Waals surface area contributed by atoms with Crippen LogP contribution in [0, 0.1) is 17.2 Å². The van der Waals surface area contributed by atoms with Gasteiger partial charge >= 0.3 is 0 Å². The number of fused-ring (bicyclic) bond motifs is 1. The average molecular weight is 476 g/mol. The second-order valence-corrected chi connectivity index (χ2v) is 10.4. The average Bonchev–Trinajstić information content (AvgIpc) is 3.52. The van der Waals surface area contributed by atoms with Gasteiger partial charge in [0.05, 0.1) is 30.6 Å². The number of aliphatic imine (C=N–C) groups is 2. The first-order valence-electron chi connectivity index (χ1n) is 13.0. The van der Waals surface area contributed by atoms with E-state index in [9.17, 15) is 5.26 Å². The molecule has 4 heterocycles. The Kier molecular flexibility index (Phi) is 6.65. The van der Waals surface area contributed by atoms with Crippen molar-refractivity contribution >= 4 is 18.0 Å². The van der Waals surface area contributed by atoms with Gasteiger partial charge in [-0.25, -0.2) is 0 Å². The zero-order valence-corrected chi connectivity index (χ0v) is 21.1. The molecule has 1 saturated heterocycles. The fourth-order valence-electron chi connectivity index (χ4n) is 5.82. The minimum atomic E-state index is -0.224. The lowest BCUT2D eigenvalue weighted by molar-refractivity contribution is -0.0107. The number of nitrogens with one attached hydrogen (secondary N) is 2. The third-order valence-electron chi connectivity index (χ3n) is 7.72. The van der Waals surface area contributed by atoms with Crippen LogP contribution in [-0.4, -0.2) is 75.5 Å². The smallest absolute Gasteiger partial charge is 0.114 e. The summed E-state index contributed by atoms with van der Waals surface area (Å²) in [5.41, 5.74) is 1.96. The van der Waals surface area contributed by atoms with Crippen LogP contribution in [0.4, 0.5) is 5.82 Å². The summed E-state index contributed by atoms with van der Waals surface area (Å²) in [6, 6.07) is 4.93. The number of aromatic amines is 1. The number of nitrogens with zero attached hydrogens (tertiary/aromatic N) is 7. The lowest BCUT2D eigenvalue weighted by Crippen LogP contribution is -2.61. The van der Waals surface area contributed by atoms with E-state index in [-0.39, 0.29) is 11.6 Å². The summed E-state index contributed by atoms with van der Waals surface area (Å²) < 4.78 is 2.05. The molecule has 1 saturated carbocycles. The maximum Gasteiger partial charge on any atom is 0.114 e. The van der Waals surface area contributed by atoms with Crippen LogP contribution >= 0.6 is 0 Å². The van der Waals surface area contributed by atoms with Crippen LogP contribution in [0.3, 0.4) is 0 Å². The number of anilines is 1. The summed E-state index contributed by atoms with van der Waals surface area (Å²) >= 11 is 0. The lowest BCUT2D eigenvalue weighted by Gasteiger charge is -2.53. The molecule has 1 unspecified atom stereocenters. The zero-order chi connectivity index (χ0) is 24.4. The van der Waals surface area contributed by atoms with E-state index in [0.29, 0.717) is 18.4 Å². The van der Waals surface area contributed by atoms with Gasteiger partial charge in [-0.05, 0) is 25.3 Å². The number of aromatic nitrogens is 3. The fourth-order valence-corrected chi connectivity index (χ4v) is 5.82. The van der Waals surface area contributed by atoms with Crippen LogP contribution in [0.2, 0.25) is 0 Å². The molecule has 0 spiro atoms. The Labute approximate surface area is 207 Å². The van der Waals surface area contributed by atoms with Gasteiger partial charge in [-0.1, -0.05) is 20.8 Å². The second-order valence-electron chi connectivity index (χ2n) is 10.4. The van der Waals surface area contributed by atoms with Gasteiger partial charge in [-0.2, -0.15) is 10.4 Å². The molecule has 2 aliphatic heterocycles. The fraction of sp³-hybridized carbons (Fsp3) is 0.615. The van der Waals surface area contributed by atoms with Crippen molar-refractivity contribution in [2.75, 3.05) is 38.0 Å². The van der Waals surface area contributed by atoms with E-state index in [1.807, 2.05) is 12.4 Å². The molecular formula is C26H37N9. The van der Waals surface area contributed by atoms with Gasteiger partial charge < -0.3 is 15.2 Å². The van der Waals surface area contributed by atoms with E-state index in [1.165, 1.54) is 5.84 Å². The van der Waals surface area contributed by atoms with Crippen molar-refractivity contribution in [3.8, 4) is 6.07 Å². The monoisotopic (exact) mass is 475 g/mol. The summed E-state index contributed by atoms with van der Waals surface area (Å²) in [5.74, 6) is 2.70. The SMILES string of the molecule is CCCN=C(C(C)C)N1CCN(C2CC(CC#N)(n3cc(C4N=CNc5[nH]ccc54)cn3)C2)CC1. The summed E-state index contributed by atoms with van der Waals surface area (Å²) in [4.78, 5) is 17.8. The number of rotatable bonds is 7. The van der Waals surface area contributed by atoms with Gasteiger partial charge in [0.15, 0.2) is 0 Å². The second kappa shape index (κ2) is 9.86. The van der Waals surface area contributed by atoms with Gasteiger partial charge in [0, 0.05) is 68.2 Å². The van der Waals surface area contributed by atoms with E-state index >= 15 is 0 Å². The van der Waals surface area contributed by atoms with Gasteiger partial charge in [0.2, 0.25) is 0 Å². The number of nitriles is 1. The van der Waals surface area contributed by atoms with Crippen molar-refractivity contribution in [1.82, 2.24) is 24.6 Å². The molecule has 3 aliphatic rings. The molecule has 9 nitrogen and oxygen atoms in total. The van der Waals surface area contributed by atoms with Crippen molar-refractivity contribution in [3.05, 3.63) is 35.8 Å². The van der Waals surface area contributed by atoms with Crippen molar-refractivity contribution < 1.29 is 0 Å². The molecule has 5 rings (SSSR count). The predicted molar refractivity (Wildman–Crippen MR) is 139 cm³/mol. The van der Waals surface area contributed by atoms with E-state index in [1.54, 1.807) is 6.34 Å². The minimum absolute atomic E-state index is 0.0705. The van der Waals surface area contributed by atoms with E-state index < -0.39 is 0 Å². The summed E-state index contributed by atoms with van der Waals surface area (Å²) in [6.45, 7) is 11.7. The minimum Gasteiger partial charge on any atom is -0.358 e. The van der Waals surface area contributed by atoms with Crippen LogP contribution in [-0.2, 0) is 5.54 Å². The Balaban J connectivity index is 1.24. The van der Waals surface area contributed by atoms with E-state index in [2.05, 4.69) is 68.9 Å². The molecule has 1 atom stereocenters. The molecule has 9 heteroatoms. The lowest BCUT2D eigenvalue weighted by atomic mass is 9.70. The Morgan fingerprint density at radius 2 is 2.09 bits per heavy atom. The molecule has 0 bridgehead atoms. The first kappa shape index (κ1) is 23.6. The number of H-pyrrole nitrogens is 1. The maximum absolute atomic E-state index is 9.64. The Bertz CT molecular complexity index is 1100. The maximum atomic E-state index is 9.64. The molecule has 2 fully saturated rings. The summed E-state index contributed by atoms with van der Waals surface area (Å²) in [7, 11) is 0. The molecule has 35 heavy (non-hydrogen) atoms. The number of hydrogen-bond donors (Lipinski definition) is 2. The summed E-state index contributed by atoms with van der Waals surface area (Å²) in [6.07, 6.45) is 11.2. The van der Waals surface area contributed by atoms with Crippen LogP contribution in [0.1, 0.15) is 63.6 Å². The van der Waals surface area contributed by atoms with Crippen molar-refractivity contribution in [1.29, 1.82) is 5.26 Å². The standard InChI is InChI=1S/C26H37N9/c1-4-8-29-25(19(2)3)34-12-10-33(11-13-34)21-14-26(15-21,6-7-27)35-17-20(16-32-35)23-22-5-9-28-24(22)31-18-30-23/h5,9,16-19,21,23,28H,4,6,8,10-15H2,1-3H3,(H,30,31). The third-order valence-corrected chi connectivity index (χ3v) is 7.72. The molecule has 0 radical (unpaired) electrons. The largest absolute Gasteiger partial charge is 0.358 e. The Morgan fingerprint density at radius 3 is 2.80 bits per heavy atom. The van der Waals surface area contributed by atoms with Crippen LogP contribution in [0.25, 0.3) is 0 Å².